The molecular formula is C55H62FN11O9. The zero-order chi connectivity index (χ0) is 53.0. The van der Waals surface area contributed by atoms with Gasteiger partial charge in [-0.2, -0.15) is 5.10 Å². The van der Waals surface area contributed by atoms with Gasteiger partial charge in [-0.3, -0.25) is 49.1 Å². The van der Waals surface area contributed by atoms with E-state index in [0.29, 0.717) is 81.9 Å². The predicted octanol–water partition coefficient (Wildman–Crippen LogP) is 5.21. The Balaban J connectivity index is 0.636. The molecule has 3 fully saturated rings. The average molecular weight is 1040 g/mol. The molecular weight excluding hydrogens is 978 g/mol. The van der Waals surface area contributed by atoms with Gasteiger partial charge in [0.2, 0.25) is 17.7 Å². The number of aromatic amines is 1. The third kappa shape index (κ3) is 12.4. The van der Waals surface area contributed by atoms with Crippen molar-refractivity contribution in [3.8, 4) is 17.1 Å². The van der Waals surface area contributed by atoms with Gasteiger partial charge in [-0.25, -0.2) is 9.37 Å². The highest BCUT2D eigenvalue weighted by Gasteiger charge is 2.45. The standard InChI is InChI=1S/C55H62FN11O9/c1-2-44(59-50(70)38-10-6-11-39(31-38)62-55(17-21-58-22-18-55)54-61-49(63-64-54)36-15-19-57-20-16-36)37-9-7-12-40(32-37)76-30-5-3-4-27-74-28-8-29-75-35-48(69)66-25-23-65(24-26-66)46-34-42-41(33-43(46)56)52(72)67(53(42)73)45-13-14-47(68)60-51(45)71/h2,6-7,9-12,15-16,19-20,31-34,45,58,62H,3-5,8,13-14,17-18,21-30,35H2,1H3,(H,59,70)(H,60,68,71)(H,61,63,64)/b44-2+. The maximum Gasteiger partial charge on any atom is 0.262 e. The summed E-state index contributed by atoms with van der Waals surface area (Å²) in [5.41, 5.74) is 3.14. The van der Waals surface area contributed by atoms with Gasteiger partial charge >= 0.3 is 0 Å². The van der Waals surface area contributed by atoms with E-state index in [4.69, 9.17) is 19.2 Å². The Morgan fingerprint density at radius 3 is 2.33 bits per heavy atom. The van der Waals surface area contributed by atoms with Crippen LogP contribution >= 0.6 is 0 Å². The van der Waals surface area contributed by atoms with Gasteiger partial charge in [-0.15, -0.1) is 0 Å². The van der Waals surface area contributed by atoms with Crippen LogP contribution in [-0.2, 0) is 29.4 Å². The van der Waals surface area contributed by atoms with Crippen molar-refractivity contribution in [2.24, 2.45) is 0 Å². The van der Waals surface area contributed by atoms with Crippen molar-refractivity contribution >= 4 is 52.5 Å². The summed E-state index contributed by atoms with van der Waals surface area (Å²) in [4.78, 5) is 90.1. The summed E-state index contributed by atoms with van der Waals surface area (Å²) in [6, 6.07) is 20.1. The van der Waals surface area contributed by atoms with E-state index in [1.807, 2.05) is 67.6 Å². The largest absolute Gasteiger partial charge is 0.494 e. The van der Waals surface area contributed by atoms with Gasteiger partial charge in [0.25, 0.3) is 17.7 Å². The summed E-state index contributed by atoms with van der Waals surface area (Å²) in [6.45, 7) is 6.54. The highest BCUT2D eigenvalue weighted by Crippen LogP contribution is 2.35. The van der Waals surface area contributed by atoms with Gasteiger partial charge < -0.3 is 40.0 Å². The minimum absolute atomic E-state index is 0.00267. The first-order valence-corrected chi connectivity index (χ1v) is 25.9. The minimum Gasteiger partial charge on any atom is -0.494 e. The first kappa shape index (κ1) is 53.0. The fourth-order valence-corrected chi connectivity index (χ4v) is 9.86. The monoisotopic (exact) mass is 1040 g/mol. The molecule has 0 radical (unpaired) electrons. The van der Waals surface area contributed by atoms with Crippen LogP contribution in [0.2, 0.25) is 0 Å². The molecule has 398 valence electrons. The number of halogens is 1. The van der Waals surface area contributed by atoms with Crippen LogP contribution in [0.5, 0.6) is 5.75 Å². The molecule has 6 heterocycles. The van der Waals surface area contributed by atoms with E-state index >= 15 is 4.39 Å². The number of nitrogens with zero attached hydrogens (tertiary/aromatic N) is 6. The normalized spacial score (nSPS) is 17.6. The molecule has 6 amide bonds. The van der Waals surface area contributed by atoms with Crippen molar-refractivity contribution in [2.45, 2.75) is 69.9 Å². The highest BCUT2D eigenvalue weighted by atomic mass is 19.1. The quantitative estimate of drug-likeness (QED) is 0.0442. The zero-order valence-corrected chi connectivity index (χ0v) is 42.4. The molecule has 0 bridgehead atoms. The number of unbranched alkanes of at least 4 members (excludes halogenated alkanes) is 2. The van der Waals surface area contributed by atoms with E-state index in [0.717, 1.165) is 78.8 Å². The Morgan fingerprint density at radius 2 is 1.55 bits per heavy atom. The number of imide groups is 2. The third-order valence-corrected chi connectivity index (χ3v) is 14.0. The lowest BCUT2D eigenvalue weighted by Gasteiger charge is -2.37. The van der Waals surface area contributed by atoms with Crippen molar-refractivity contribution in [3.05, 3.63) is 125 Å². The molecule has 2 aromatic heterocycles. The first-order chi connectivity index (χ1) is 37.0. The van der Waals surface area contributed by atoms with Crippen LogP contribution in [-0.4, -0.2) is 144 Å². The second-order valence-corrected chi connectivity index (χ2v) is 19.1. The number of piperazine rings is 1. The fourth-order valence-electron chi connectivity index (χ4n) is 9.86. The Bertz CT molecular complexity index is 2960. The summed E-state index contributed by atoms with van der Waals surface area (Å²) in [5.74, 6) is -1.78. The molecule has 4 aliphatic rings. The topological polar surface area (TPSA) is 242 Å². The number of hydrogen-bond donors (Lipinski definition) is 5. The number of hydrogen-bond acceptors (Lipinski definition) is 15. The van der Waals surface area contributed by atoms with Gasteiger partial charge in [-0.05, 0) is 120 Å². The number of rotatable bonds is 22. The third-order valence-electron chi connectivity index (χ3n) is 14.0. The number of benzene rings is 3. The number of H-pyrrole nitrogens is 1. The molecule has 3 saturated heterocycles. The number of fused-ring (bicyclic) bond motifs is 1. The number of aromatic nitrogens is 4. The second-order valence-electron chi connectivity index (χ2n) is 19.1. The average Bonchev–Trinajstić information content (AvgIpc) is 4.04. The summed E-state index contributed by atoms with van der Waals surface area (Å²) in [6.07, 6.45) is 10.0. The van der Waals surface area contributed by atoms with E-state index in [1.54, 1.807) is 28.3 Å². The zero-order valence-electron chi connectivity index (χ0n) is 42.4. The Kier molecular flexibility index (Phi) is 17.2. The molecule has 1 atom stereocenters. The summed E-state index contributed by atoms with van der Waals surface area (Å²) in [5, 5.41) is 20.1. The predicted molar refractivity (Wildman–Crippen MR) is 278 cm³/mol. The van der Waals surface area contributed by atoms with E-state index < -0.39 is 41.0 Å². The number of allylic oxidation sites excluding steroid dienone is 1. The molecule has 4 aliphatic heterocycles. The summed E-state index contributed by atoms with van der Waals surface area (Å²) < 4.78 is 32.9. The minimum atomic E-state index is -1.15. The van der Waals surface area contributed by atoms with Gasteiger partial charge in [0.05, 0.1) is 29.0 Å². The van der Waals surface area contributed by atoms with Gasteiger partial charge in [0.15, 0.2) is 11.6 Å². The number of pyridine rings is 1. The molecule has 3 aromatic carbocycles. The van der Waals surface area contributed by atoms with E-state index in [1.165, 1.54) is 6.07 Å². The number of nitrogens with one attached hydrogen (secondary N) is 5. The molecule has 0 aliphatic carbocycles. The Morgan fingerprint density at radius 1 is 0.829 bits per heavy atom. The molecule has 5 N–H and O–H groups in total. The maximum atomic E-state index is 15.4. The second kappa shape index (κ2) is 24.6. The number of piperidine rings is 2. The van der Waals surface area contributed by atoms with Crippen molar-refractivity contribution in [3.63, 3.8) is 0 Å². The molecule has 1 unspecified atom stereocenters. The Hall–Kier alpha value is -7.88. The Labute approximate surface area is 439 Å². The van der Waals surface area contributed by atoms with Crippen molar-refractivity contribution in [1.29, 1.82) is 0 Å². The number of carbonyl (C=O) groups is 6. The molecule has 20 nitrogen and oxygen atoms in total. The molecule has 0 saturated carbocycles. The van der Waals surface area contributed by atoms with Crippen molar-refractivity contribution in [1.82, 2.24) is 45.9 Å². The molecule has 0 spiro atoms. The smallest absolute Gasteiger partial charge is 0.262 e. The number of amides is 6. The van der Waals surface area contributed by atoms with E-state index in [2.05, 4.69) is 36.4 Å². The first-order valence-electron chi connectivity index (χ1n) is 25.9. The SMILES string of the molecule is C/C=C(/NC(=O)c1cccc(NC2(c3nc(-c4ccncc4)n[nH]3)CCNCC2)c1)c1cccc(OCCCCCOCCCOCC(=O)N2CCN(c3cc4c(cc3F)C(=O)N(C3CCC(=O)NC3=O)C4=O)CC2)c1. The van der Waals surface area contributed by atoms with Crippen LogP contribution < -0.4 is 30.9 Å². The van der Waals surface area contributed by atoms with Crippen LogP contribution in [0, 0.1) is 5.82 Å². The molecule has 9 rings (SSSR count). The van der Waals surface area contributed by atoms with Gasteiger partial charge in [0.1, 0.15) is 24.2 Å². The van der Waals surface area contributed by atoms with Crippen LogP contribution in [0.1, 0.15) is 101 Å². The van der Waals surface area contributed by atoms with Crippen molar-refractivity contribution in [2.75, 3.05) is 82.5 Å². The molecule has 5 aromatic rings. The summed E-state index contributed by atoms with van der Waals surface area (Å²) >= 11 is 0. The number of anilines is 2. The van der Waals surface area contributed by atoms with Gasteiger partial charge in [0, 0.05) is 92.9 Å². The van der Waals surface area contributed by atoms with Crippen LogP contribution in [0.15, 0.2) is 91.3 Å². The lowest BCUT2D eigenvalue weighted by Crippen LogP contribution is -2.54. The van der Waals surface area contributed by atoms with Crippen LogP contribution in [0.4, 0.5) is 15.8 Å². The van der Waals surface area contributed by atoms with Gasteiger partial charge in [-0.1, -0.05) is 24.3 Å². The van der Waals surface area contributed by atoms with E-state index in [-0.39, 0.29) is 48.1 Å². The molecule has 76 heavy (non-hydrogen) atoms. The molecule has 21 heteroatoms. The van der Waals surface area contributed by atoms with Crippen LogP contribution in [0.25, 0.3) is 17.1 Å². The van der Waals surface area contributed by atoms with E-state index in [9.17, 15) is 28.8 Å². The summed E-state index contributed by atoms with van der Waals surface area (Å²) in [7, 11) is 0. The van der Waals surface area contributed by atoms with Crippen LogP contribution in [0.3, 0.4) is 0 Å². The lowest BCUT2D eigenvalue weighted by molar-refractivity contribution is -0.137. The number of ether oxygens (including phenoxy) is 3. The lowest BCUT2D eigenvalue weighted by atomic mass is 9.87. The van der Waals surface area contributed by atoms with Crippen molar-refractivity contribution < 1.29 is 47.4 Å². The number of carbonyl (C=O) groups excluding carboxylic acids is 6. The highest BCUT2D eigenvalue weighted by molar-refractivity contribution is 6.23. The fraction of sp³-hybridized carbons (Fsp3) is 0.400. The maximum absolute atomic E-state index is 15.4.